The summed E-state index contributed by atoms with van der Waals surface area (Å²) in [6, 6.07) is 6.02. The number of nitrogens with two attached hydrogens (primary N) is 1. The molecule has 7 heteroatoms. The van der Waals surface area contributed by atoms with E-state index in [1.807, 2.05) is 18.2 Å². The quantitative estimate of drug-likeness (QED) is 0.895. The predicted octanol–water partition coefficient (Wildman–Crippen LogP) is 3.06. The van der Waals surface area contributed by atoms with Gasteiger partial charge in [-0.15, -0.1) is 0 Å². The van der Waals surface area contributed by atoms with Gasteiger partial charge in [-0.2, -0.15) is 13.2 Å². The highest BCUT2D eigenvalue weighted by Gasteiger charge is 2.31. The van der Waals surface area contributed by atoms with Crippen LogP contribution in [0.4, 0.5) is 24.8 Å². The molecule has 22 heavy (non-hydrogen) atoms. The normalized spacial score (nSPS) is 17.9. The van der Waals surface area contributed by atoms with Gasteiger partial charge in [0.25, 0.3) is 0 Å². The number of benzene rings is 1. The first kappa shape index (κ1) is 14.8. The largest absolute Gasteiger partial charge is 0.419 e. The molecule has 0 aliphatic heterocycles. The molecule has 4 nitrogen and oxygen atoms in total. The lowest BCUT2D eigenvalue weighted by atomic mass is 9.88. The van der Waals surface area contributed by atoms with Crippen LogP contribution in [0.5, 0.6) is 0 Å². The number of halogens is 3. The monoisotopic (exact) mass is 308 g/mol. The topological polar surface area (TPSA) is 63.8 Å². The molecule has 0 fully saturated rings. The van der Waals surface area contributed by atoms with Crippen molar-refractivity contribution in [2.75, 3.05) is 5.32 Å². The van der Waals surface area contributed by atoms with Crippen molar-refractivity contribution in [1.29, 1.82) is 0 Å². The molecule has 0 radical (unpaired) electrons. The van der Waals surface area contributed by atoms with Crippen LogP contribution in [0.15, 0.2) is 30.6 Å². The van der Waals surface area contributed by atoms with Crippen molar-refractivity contribution in [2.24, 2.45) is 5.73 Å². The molecule has 0 saturated heterocycles. The molecule has 2 aromatic rings. The first-order chi connectivity index (χ1) is 10.4. The molecule has 116 valence electrons. The van der Waals surface area contributed by atoms with E-state index in [4.69, 9.17) is 5.73 Å². The van der Waals surface area contributed by atoms with Crippen molar-refractivity contribution in [3.63, 3.8) is 0 Å². The summed E-state index contributed by atoms with van der Waals surface area (Å²) in [5.74, 6) is 0.139. The van der Waals surface area contributed by atoms with Gasteiger partial charge >= 0.3 is 6.18 Å². The molecule has 3 N–H and O–H groups in total. The first-order valence-corrected chi connectivity index (χ1v) is 6.95. The third-order valence-corrected chi connectivity index (χ3v) is 3.71. The number of rotatable bonds is 2. The predicted molar refractivity (Wildman–Crippen MR) is 76.8 cm³/mol. The van der Waals surface area contributed by atoms with Crippen LogP contribution in [0.2, 0.25) is 0 Å². The van der Waals surface area contributed by atoms with E-state index in [1.165, 1.54) is 11.1 Å². The van der Waals surface area contributed by atoms with E-state index >= 15 is 0 Å². The molecular weight excluding hydrogens is 293 g/mol. The summed E-state index contributed by atoms with van der Waals surface area (Å²) < 4.78 is 37.4. The second kappa shape index (κ2) is 5.57. The Balaban J connectivity index is 1.76. The Morgan fingerprint density at radius 2 is 1.86 bits per heavy atom. The minimum Gasteiger partial charge on any atom is -0.327 e. The fraction of sp³-hybridized carbons (Fsp3) is 0.333. The van der Waals surface area contributed by atoms with Crippen LogP contribution in [0, 0.1) is 0 Å². The highest BCUT2D eigenvalue weighted by molar-refractivity contribution is 5.56. The number of fused-ring (bicyclic) bond motifs is 1. The summed E-state index contributed by atoms with van der Waals surface area (Å²) >= 11 is 0. The van der Waals surface area contributed by atoms with E-state index < -0.39 is 11.7 Å². The lowest BCUT2D eigenvalue weighted by Gasteiger charge is -2.22. The highest BCUT2D eigenvalue weighted by atomic mass is 19.4. The van der Waals surface area contributed by atoms with Gasteiger partial charge < -0.3 is 11.1 Å². The van der Waals surface area contributed by atoms with Gasteiger partial charge in [-0.1, -0.05) is 6.07 Å². The maximum absolute atomic E-state index is 12.5. The summed E-state index contributed by atoms with van der Waals surface area (Å²) in [6.45, 7) is 0. The Morgan fingerprint density at radius 1 is 1.14 bits per heavy atom. The van der Waals surface area contributed by atoms with Crippen molar-refractivity contribution in [3.05, 3.63) is 47.3 Å². The van der Waals surface area contributed by atoms with Gasteiger partial charge in [-0.25, -0.2) is 9.97 Å². The van der Waals surface area contributed by atoms with Gasteiger partial charge in [-0.05, 0) is 42.5 Å². The number of nitrogens with zero attached hydrogens (tertiary/aromatic N) is 2. The maximum Gasteiger partial charge on any atom is 0.419 e. The first-order valence-electron chi connectivity index (χ1n) is 6.95. The third-order valence-electron chi connectivity index (χ3n) is 3.71. The molecule has 3 rings (SSSR count). The number of nitrogens with one attached hydrogen (secondary N) is 1. The van der Waals surface area contributed by atoms with Crippen molar-refractivity contribution in [3.8, 4) is 0 Å². The van der Waals surface area contributed by atoms with Gasteiger partial charge in [0.1, 0.15) is 0 Å². The van der Waals surface area contributed by atoms with Crippen molar-refractivity contribution in [2.45, 2.75) is 31.5 Å². The minimum absolute atomic E-state index is 0.139. The van der Waals surface area contributed by atoms with Crippen LogP contribution in [0.1, 0.15) is 23.1 Å². The molecule has 1 aromatic carbocycles. The van der Waals surface area contributed by atoms with Crippen LogP contribution in [0.25, 0.3) is 0 Å². The Morgan fingerprint density at radius 3 is 2.55 bits per heavy atom. The van der Waals surface area contributed by atoms with Crippen LogP contribution in [-0.4, -0.2) is 16.0 Å². The Labute approximate surface area is 125 Å². The number of hydrogen-bond donors (Lipinski definition) is 2. The standard InChI is InChI=1S/C15H15F3N4/c16-15(17,18)11-7-20-14(21-8-11)22-13-4-2-9-5-12(19)3-1-10(9)6-13/h2,4,6-8,12H,1,3,5,19H2,(H,20,21,22). The van der Waals surface area contributed by atoms with Crippen molar-refractivity contribution >= 4 is 11.6 Å². The summed E-state index contributed by atoms with van der Waals surface area (Å²) in [6.07, 6.45) is -0.192. The molecule has 1 atom stereocenters. The average molecular weight is 308 g/mol. The molecule has 0 saturated carbocycles. The molecule has 1 aromatic heterocycles. The number of alkyl halides is 3. The van der Waals surface area contributed by atoms with Crippen LogP contribution < -0.4 is 11.1 Å². The lowest BCUT2D eigenvalue weighted by molar-refractivity contribution is -0.138. The Kier molecular flexibility index (Phi) is 3.74. The summed E-state index contributed by atoms with van der Waals surface area (Å²) in [5.41, 5.74) is 8.25. The van der Waals surface area contributed by atoms with Gasteiger partial charge in [0.05, 0.1) is 5.56 Å². The molecule has 1 aliphatic carbocycles. The number of aromatic nitrogens is 2. The molecule has 1 unspecified atom stereocenters. The van der Waals surface area contributed by atoms with Gasteiger partial charge in [0.2, 0.25) is 5.95 Å². The Hall–Kier alpha value is -2.15. The van der Waals surface area contributed by atoms with Crippen molar-refractivity contribution in [1.82, 2.24) is 9.97 Å². The van der Waals surface area contributed by atoms with Gasteiger partial charge in [0, 0.05) is 24.1 Å². The minimum atomic E-state index is -4.43. The van der Waals surface area contributed by atoms with E-state index in [-0.39, 0.29) is 12.0 Å². The summed E-state index contributed by atoms with van der Waals surface area (Å²) in [5, 5.41) is 2.92. The summed E-state index contributed by atoms with van der Waals surface area (Å²) in [4.78, 5) is 7.40. The van der Waals surface area contributed by atoms with Crippen LogP contribution >= 0.6 is 0 Å². The summed E-state index contributed by atoms with van der Waals surface area (Å²) in [7, 11) is 0. The molecule has 1 aliphatic rings. The van der Waals surface area contributed by atoms with E-state index in [1.54, 1.807) is 0 Å². The van der Waals surface area contributed by atoms with E-state index in [0.29, 0.717) is 0 Å². The molecule has 0 bridgehead atoms. The maximum atomic E-state index is 12.5. The molecule has 1 heterocycles. The van der Waals surface area contributed by atoms with Crippen molar-refractivity contribution < 1.29 is 13.2 Å². The average Bonchev–Trinajstić information content (AvgIpc) is 2.47. The van der Waals surface area contributed by atoms with E-state index in [9.17, 15) is 13.2 Å². The number of aryl methyl sites for hydroxylation is 1. The smallest absolute Gasteiger partial charge is 0.327 e. The van der Waals surface area contributed by atoms with Crippen LogP contribution in [0.3, 0.4) is 0 Å². The molecule has 0 amide bonds. The fourth-order valence-electron chi connectivity index (χ4n) is 2.53. The van der Waals surface area contributed by atoms with Gasteiger partial charge in [0.15, 0.2) is 0 Å². The molecule has 0 spiro atoms. The molecular formula is C15H15F3N4. The fourth-order valence-corrected chi connectivity index (χ4v) is 2.53. The zero-order valence-corrected chi connectivity index (χ0v) is 11.7. The zero-order valence-electron chi connectivity index (χ0n) is 11.7. The van der Waals surface area contributed by atoms with E-state index in [0.717, 1.165) is 37.3 Å². The third kappa shape index (κ3) is 3.19. The number of anilines is 2. The second-order valence-corrected chi connectivity index (χ2v) is 5.40. The van der Waals surface area contributed by atoms with Gasteiger partial charge in [-0.3, -0.25) is 0 Å². The van der Waals surface area contributed by atoms with Crippen LogP contribution in [-0.2, 0) is 19.0 Å². The Bertz CT molecular complexity index is 667. The second-order valence-electron chi connectivity index (χ2n) is 5.40. The SMILES string of the molecule is NC1CCc2cc(Nc3ncc(C(F)(F)F)cn3)ccc2C1. The van der Waals surface area contributed by atoms with E-state index in [2.05, 4.69) is 15.3 Å². The highest BCUT2D eigenvalue weighted by Crippen LogP contribution is 2.29. The number of hydrogen-bond acceptors (Lipinski definition) is 4. The zero-order chi connectivity index (χ0) is 15.7. The lowest BCUT2D eigenvalue weighted by Crippen LogP contribution is -2.27.